The second-order valence-electron chi connectivity index (χ2n) is 7.15. The van der Waals surface area contributed by atoms with Gasteiger partial charge in [-0.1, -0.05) is 56.3 Å². The third-order valence-corrected chi connectivity index (χ3v) is 5.04. The number of nitrogens with zero attached hydrogens (tertiary/aromatic N) is 2. The summed E-state index contributed by atoms with van der Waals surface area (Å²) in [6.45, 7) is 5.76. The SMILES string of the molecule is CC1CN(C)c2ccccc2N(C(=O)C(C)C(N)c2ccccc2)C1. The molecule has 0 fully saturated rings. The van der Waals surface area contributed by atoms with E-state index in [0.29, 0.717) is 12.5 Å². The van der Waals surface area contributed by atoms with Crippen molar-refractivity contribution in [3.05, 3.63) is 60.2 Å². The molecule has 2 aromatic carbocycles. The van der Waals surface area contributed by atoms with Crippen LogP contribution in [0.5, 0.6) is 0 Å². The van der Waals surface area contributed by atoms with E-state index in [4.69, 9.17) is 5.73 Å². The monoisotopic (exact) mass is 337 g/mol. The van der Waals surface area contributed by atoms with Gasteiger partial charge in [0.2, 0.25) is 5.91 Å². The van der Waals surface area contributed by atoms with Gasteiger partial charge in [0.1, 0.15) is 0 Å². The molecule has 0 aromatic heterocycles. The largest absolute Gasteiger partial charge is 0.373 e. The number of hydrogen-bond acceptors (Lipinski definition) is 3. The highest BCUT2D eigenvalue weighted by atomic mass is 16.2. The lowest BCUT2D eigenvalue weighted by Crippen LogP contribution is -2.41. The molecule has 1 aliphatic rings. The number of nitrogens with two attached hydrogens (primary N) is 1. The predicted molar refractivity (Wildman–Crippen MR) is 104 cm³/mol. The summed E-state index contributed by atoms with van der Waals surface area (Å²) in [5.41, 5.74) is 9.48. The molecule has 0 aliphatic carbocycles. The van der Waals surface area contributed by atoms with Gasteiger partial charge in [-0.05, 0) is 23.6 Å². The van der Waals surface area contributed by atoms with E-state index in [1.54, 1.807) is 0 Å². The molecule has 132 valence electrons. The highest BCUT2D eigenvalue weighted by Gasteiger charge is 2.32. The molecule has 0 saturated carbocycles. The number of carbonyl (C=O) groups is 1. The Morgan fingerprint density at radius 3 is 2.32 bits per heavy atom. The van der Waals surface area contributed by atoms with Gasteiger partial charge < -0.3 is 15.5 Å². The molecule has 25 heavy (non-hydrogen) atoms. The van der Waals surface area contributed by atoms with Gasteiger partial charge in [-0.3, -0.25) is 4.79 Å². The summed E-state index contributed by atoms with van der Waals surface area (Å²) in [6.07, 6.45) is 0. The van der Waals surface area contributed by atoms with Crippen molar-refractivity contribution in [1.82, 2.24) is 0 Å². The molecule has 0 radical (unpaired) electrons. The van der Waals surface area contributed by atoms with Crippen LogP contribution < -0.4 is 15.5 Å². The van der Waals surface area contributed by atoms with E-state index in [0.717, 1.165) is 23.5 Å². The van der Waals surface area contributed by atoms with Gasteiger partial charge in [0.05, 0.1) is 17.3 Å². The molecule has 0 spiro atoms. The van der Waals surface area contributed by atoms with E-state index < -0.39 is 0 Å². The van der Waals surface area contributed by atoms with Crippen LogP contribution in [0.15, 0.2) is 54.6 Å². The summed E-state index contributed by atoms with van der Waals surface area (Å²) >= 11 is 0. The topological polar surface area (TPSA) is 49.6 Å². The molecule has 1 amide bonds. The average Bonchev–Trinajstić information content (AvgIpc) is 2.77. The highest BCUT2D eigenvalue weighted by molar-refractivity contribution is 5.98. The fraction of sp³-hybridized carbons (Fsp3) is 0.381. The summed E-state index contributed by atoms with van der Waals surface area (Å²) in [4.78, 5) is 17.5. The number of anilines is 2. The fourth-order valence-electron chi connectivity index (χ4n) is 3.62. The van der Waals surface area contributed by atoms with Crippen molar-refractivity contribution in [3.8, 4) is 0 Å². The zero-order valence-electron chi connectivity index (χ0n) is 15.2. The van der Waals surface area contributed by atoms with Gasteiger partial charge in [0, 0.05) is 26.2 Å². The highest BCUT2D eigenvalue weighted by Crippen LogP contribution is 2.34. The molecule has 2 aromatic rings. The van der Waals surface area contributed by atoms with Crippen LogP contribution in [0.1, 0.15) is 25.5 Å². The maximum atomic E-state index is 13.3. The number of carbonyl (C=O) groups excluding carboxylic acids is 1. The number of benzene rings is 2. The van der Waals surface area contributed by atoms with Crippen molar-refractivity contribution in [3.63, 3.8) is 0 Å². The third-order valence-electron chi connectivity index (χ3n) is 5.04. The van der Waals surface area contributed by atoms with Gasteiger partial charge >= 0.3 is 0 Å². The first-order valence-electron chi connectivity index (χ1n) is 8.91. The van der Waals surface area contributed by atoms with Crippen LogP contribution >= 0.6 is 0 Å². The van der Waals surface area contributed by atoms with Crippen LogP contribution in [0.2, 0.25) is 0 Å². The van der Waals surface area contributed by atoms with Gasteiger partial charge in [-0.25, -0.2) is 0 Å². The lowest BCUT2D eigenvalue weighted by atomic mass is 9.93. The number of hydrogen-bond donors (Lipinski definition) is 1. The van der Waals surface area contributed by atoms with Crippen LogP contribution in [0, 0.1) is 11.8 Å². The molecule has 1 aliphatic heterocycles. The molecule has 0 bridgehead atoms. The zero-order valence-corrected chi connectivity index (χ0v) is 15.2. The van der Waals surface area contributed by atoms with Gasteiger partial charge in [0.25, 0.3) is 0 Å². The third kappa shape index (κ3) is 3.54. The molecule has 4 heteroatoms. The normalized spacial score (nSPS) is 19.8. The Bertz CT molecular complexity index is 731. The standard InChI is InChI=1S/C21H27N3O/c1-15-13-23(3)18-11-7-8-12-19(18)24(14-15)21(25)16(2)20(22)17-9-5-4-6-10-17/h4-12,15-16,20H,13-14,22H2,1-3H3. The van der Waals surface area contributed by atoms with Crippen LogP contribution in [-0.2, 0) is 4.79 Å². The Morgan fingerprint density at radius 2 is 1.64 bits per heavy atom. The summed E-state index contributed by atoms with van der Waals surface area (Å²) in [7, 11) is 2.09. The molecule has 0 saturated heterocycles. The first-order valence-corrected chi connectivity index (χ1v) is 8.91. The lowest BCUT2D eigenvalue weighted by Gasteiger charge is -2.29. The molecule has 2 N–H and O–H groups in total. The number of para-hydroxylation sites is 2. The predicted octanol–water partition coefficient (Wildman–Crippen LogP) is 3.44. The minimum atomic E-state index is -0.308. The van der Waals surface area contributed by atoms with E-state index in [2.05, 4.69) is 24.9 Å². The van der Waals surface area contributed by atoms with Crippen LogP contribution in [-0.4, -0.2) is 26.0 Å². The van der Waals surface area contributed by atoms with Gasteiger partial charge in [-0.15, -0.1) is 0 Å². The minimum Gasteiger partial charge on any atom is -0.373 e. The van der Waals surface area contributed by atoms with Crippen LogP contribution in [0.25, 0.3) is 0 Å². The van der Waals surface area contributed by atoms with Crippen LogP contribution in [0.4, 0.5) is 11.4 Å². The molecular weight excluding hydrogens is 310 g/mol. The summed E-state index contributed by atoms with van der Waals surface area (Å²) in [6, 6.07) is 17.7. The maximum Gasteiger partial charge on any atom is 0.231 e. The Balaban J connectivity index is 1.91. The average molecular weight is 337 g/mol. The first-order chi connectivity index (χ1) is 12.0. The summed E-state index contributed by atoms with van der Waals surface area (Å²) < 4.78 is 0. The second-order valence-corrected chi connectivity index (χ2v) is 7.15. The van der Waals surface area contributed by atoms with Crippen molar-refractivity contribution in [2.75, 3.05) is 29.9 Å². The Kier molecular flexibility index (Phi) is 5.09. The Hall–Kier alpha value is -2.33. The number of fused-ring (bicyclic) bond motifs is 1. The number of amides is 1. The number of rotatable bonds is 3. The van der Waals surface area contributed by atoms with E-state index in [1.165, 1.54) is 0 Å². The van der Waals surface area contributed by atoms with E-state index in [1.807, 2.05) is 60.4 Å². The van der Waals surface area contributed by atoms with Crippen molar-refractivity contribution in [2.24, 2.45) is 17.6 Å². The second kappa shape index (κ2) is 7.28. The van der Waals surface area contributed by atoms with Crippen molar-refractivity contribution in [2.45, 2.75) is 19.9 Å². The maximum absolute atomic E-state index is 13.3. The molecule has 3 unspecified atom stereocenters. The van der Waals surface area contributed by atoms with Gasteiger partial charge in [0.15, 0.2) is 0 Å². The summed E-state index contributed by atoms with van der Waals surface area (Å²) in [5, 5.41) is 0. The minimum absolute atomic E-state index is 0.0888. The fourth-order valence-corrected chi connectivity index (χ4v) is 3.62. The first kappa shape index (κ1) is 17.5. The van der Waals surface area contributed by atoms with Crippen molar-refractivity contribution < 1.29 is 4.79 Å². The molecule has 3 rings (SSSR count). The molecule has 3 atom stereocenters. The Morgan fingerprint density at radius 1 is 1.04 bits per heavy atom. The van der Waals surface area contributed by atoms with Gasteiger partial charge in [-0.2, -0.15) is 0 Å². The molecular formula is C21H27N3O. The van der Waals surface area contributed by atoms with E-state index in [-0.39, 0.29) is 17.9 Å². The lowest BCUT2D eigenvalue weighted by molar-refractivity contribution is -0.122. The van der Waals surface area contributed by atoms with E-state index in [9.17, 15) is 4.79 Å². The van der Waals surface area contributed by atoms with E-state index >= 15 is 0 Å². The smallest absolute Gasteiger partial charge is 0.231 e. The van der Waals surface area contributed by atoms with Crippen LogP contribution in [0.3, 0.4) is 0 Å². The molecule has 4 nitrogen and oxygen atoms in total. The molecule has 1 heterocycles. The zero-order chi connectivity index (χ0) is 18.0. The quantitative estimate of drug-likeness (QED) is 0.933. The Labute approximate surface area is 150 Å². The van der Waals surface area contributed by atoms with Crippen molar-refractivity contribution in [1.29, 1.82) is 0 Å². The van der Waals surface area contributed by atoms with Crippen molar-refractivity contribution >= 4 is 17.3 Å². The summed E-state index contributed by atoms with van der Waals surface area (Å²) in [5.74, 6) is 0.193.